The second-order valence-corrected chi connectivity index (χ2v) is 5.43. The standard InChI is InChI=1S/C13H18O4/c1-12-6-4-8(11(16)17-3)10(15)13(12,2)9(14)5-7-12/h15H,4-7H2,1-3H3/t12-,13-/m1/s1. The number of esters is 1. The molecule has 0 heterocycles. The number of ketones is 1. The molecule has 0 aromatic carbocycles. The summed E-state index contributed by atoms with van der Waals surface area (Å²) < 4.78 is 4.65. The number of carbonyl (C=O) groups is 2. The van der Waals surface area contributed by atoms with Crippen molar-refractivity contribution in [2.45, 2.75) is 39.5 Å². The molecule has 2 rings (SSSR count). The normalized spacial score (nSPS) is 37.0. The molecule has 1 fully saturated rings. The topological polar surface area (TPSA) is 63.6 Å². The maximum Gasteiger partial charge on any atom is 0.337 e. The Bertz CT molecular complexity index is 423. The third kappa shape index (κ3) is 1.36. The van der Waals surface area contributed by atoms with E-state index >= 15 is 0 Å². The zero-order valence-electron chi connectivity index (χ0n) is 10.5. The summed E-state index contributed by atoms with van der Waals surface area (Å²) in [5, 5.41) is 10.3. The van der Waals surface area contributed by atoms with Crippen molar-refractivity contribution in [2.75, 3.05) is 7.11 Å². The second-order valence-electron chi connectivity index (χ2n) is 5.43. The number of hydrogen-bond donors (Lipinski definition) is 1. The molecule has 0 saturated heterocycles. The number of ether oxygens (including phenoxy) is 1. The largest absolute Gasteiger partial charge is 0.511 e. The number of Topliss-reactive ketones (excluding diaryl/α,β-unsaturated/α-hetero) is 1. The SMILES string of the molecule is COC(=O)C1=C(O)[C@@]2(C)C(=O)CC[C@@]2(C)CC1. The summed E-state index contributed by atoms with van der Waals surface area (Å²) >= 11 is 0. The Morgan fingerprint density at radius 3 is 2.47 bits per heavy atom. The van der Waals surface area contributed by atoms with Crippen LogP contribution in [0, 0.1) is 10.8 Å². The number of fused-ring (bicyclic) bond motifs is 1. The Labute approximate surface area is 101 Å². The highest BCUT2D eigenvalue weighted by molar-refractivity contribution is 5.95. The first-order valence-corrected chi connectivity index (χ1v) is 5.91. The van der Waals surface area contributed by atoms with Gasteiger partial charge in [0, 0.05) is 6.42 Å². The summed E-state index contributed by atoms with van der Waals surface area (Å²) in [6.45, 7) is 3.77. The molecule has 0 amide bonds. The molecule has 4 nitrogen and oxygen atoms in total. The fourth-order valence-electron chi connectivity index (χ4n) is 3.16. The maximum atomic E-state index is 12.1. The molecule has 2 aliphatic rings. The van der Waals surface area contributed by atoms with Crippen LogP contribution in [0.3, 0.4) is 0 Å². The molecule has 0 unspecified atom stereocenters. The first-order chi connectivity index (χ1) is 7.87. The second kappa shape index (κ2) is 3.59. The number of carbonyl (C=O) groups excluding carboxylic acids is 2. The van der Waals surface area contributed by atoms with Crippen molar-refractivity contribution >= 4 is 11.8 Å². The zero-order chi connectivity index (χ0) is 12.8. The van der Waals surface area contributed by atoms with Crippen LogP contribution in [0.15, 0.2) is 11.3 Å². The molecular formula is C13H18O4. The van der Waals surface area contributed by atoms with E-state index in [9.17, 15) is 14.7 Å². The first-order valence-electron chi connectivity index (χ1n) is 5.91. The van der Waals surface area contributed by atoms with Gasteiger partial charge in [-0.15, -0.1) is 0 Å². The van der Waals surface area contributed by atoms with Gasteiger partial charge < -0.3 is 9.84 Å². The number of rotatable bonds is 1. The Hall–Kier alpha value is -1.32. The van der Waals surface area contributed by atoms with E-state index in [1.807, 2.05) is 6.92 Å². The number of aliphatic hydroxyl groups excluding tert-OH is 1. The van der Waals surface area contributed by atoms with Gasteiger partial charge in [-0.3, -0.25) is 4.79 Å². The van der Waals surface area contributed by atoms with Crippen molar-refractivity contribution in [3.8, 4) is 0 Å². The Balaban J connectivity index is 2.54. The first kappa shape index (κ1) is 12.1. The number of allylic oxidation sites excluding steroid dienone is 1. The van der Waals surface area contributed by atoms with Crippen LogP contribution in [-0.2, 0) is 14.3 Å². The molecule has 4 heteroatoms. The average Bonchev–Trinajstić information content (AvgIpc) is 2.55. The number of methoxy groups -OCH3 is 1. The minimum Gasteiger partial charge on any atom is -0.511 e. The summed E-state index contributed by atoms with van der Waals surface area (Å²) in [5.74, 6) is -0.565. The van der Waals surface area contributed by atoms with Crippen LogP contribution in [-0.4, -0.2) is 24.0 Å². The lowest BCUT2D eigenvalue weighted by Crippen LogP contribution is -2.43. The summed E-state index contributed by atoms with van der Waals surface area (Å²) in [4.78, 5) is 23.6. The summed E-state index contributed by atoms with van der Waals surface area (Å²) in [7, 11) is 1.29. The molecule has 94 valence electrons. The van der Waals surface area contributed by atoms with E-state index in [4.69, 9.17) is 0 Å². The maximum absolute atomic E-state index is 12.1. The highest BCUT2D eigenvalue weighted by atomic mass is 16.5. The monoisotopic (exact) mass is 238 g/mol. The van der Waals surface area contributed by atoms with Gasteiger partial charge in [0.15, 0.2) is 0 Å². The third-order valence-electron chi connectivity index (χ3n) is 4.79. The fourth-order valence-corrected chi connectivity index (χ4v) is 3.16. The van der Waals surface area contributed by atoms with Crippen molar-refractivity contribution in [3.05, 3.63) is 11.3 Å². The van der Waals surface area contributed by atoms with Gasteiger partial charge >= 0.3 is 5.97 Å². The molecule has 1 saturated carbocycles. The predicted octanol–water partition coefficient (Wildman–Crippen LogP) is 2.14. The third-order valence-corrected chi connectivity index (χ3v) is 4.79. The Morgan fingerprint density at radius 2 is 1.88 bits per heavy atom. The highest BCUT2D eigenvalue weighted by Gasteiger charge is 2.59. The molecular weight excluding hydrogens is 220 g/mol. The van der Waals surface area contributed by atoms with E-state index in [0.29, 0.717) is 12.8 Å². The molecule has 17 heavy (non-hydrogen) atoms. The zero-order valence-corrected chi connectivity index (χ0v) is 10.5. The van der Waals surface area contributed by atoms with Crippen molar-refractivity contribution in [2.24, 2.45) is 10.8 Å². The van der Waals surface area contributed by atoms with Gasteiger partial charge in [0.25, 0.3) is 0 Å². The molecule has 0 bridgehead atoms. The van der Waals surface area contributed by atoms with Crippen LogP contribution in [0.4, 0.5) is 0 Å². The minimum atomic E-state index is -0.908. The van der Waals surface area contributed by atoms with E-state index in [1.54, 1.807) is 6.92 Å². The average molecular weight is 238 g/mol. The summed E-state index contributed by atoms with van der Waals surface area (Å²) in [6.07, 6.45) is 2.48. The van der Waals surface area contributed by atoms with Crippen LogP contribution >= 0.6 is 0 Å². The van der Waals surface area contributed by atoms with E-state index in [0.717, 1.165) is 12.8 Å². The van der Waals surface area contributed by atoms with E-state index in [1.165, 1.54) is 7.11 Å². The molecule has 1 N–H and O–H groups in total. The smallest absolute Gasteiger partial charge is 0.337 e. The van der Waals surface area contributed by atoms with Gasteiger partial charge in [-0.25, -0.2) is 4.79 Å². The van der Waals surface area contributed by atoms with Crippen molar-refractivity contribution in [1.29, 1.82) is 0 Å². The Morgan fingerprint density at radius 1 is 1.29 bits per heavy atom. The highest BCUT2D eigenvalue weighted by Crippen LogP contribution is 2.60. The molecule has 0 aromatic rings. The van der Waals surface area contributed by atoms with Gasteiger partial charge in [-0.05, 0) is 31.6 Å². The lowest BCUT2D eigenvalue weighted by atomic mass is 9.60. The Kier molecular flexibility index (Phi) is 2.56. The van der Waals surface area contributed by atoms with Crippen molar-refractivity contribution in [1.82, 2.24) is 0 Å². The van der Waals surface area contributed by atoms with Gasteiger partial charge in [0.2, 0.25) is 0 Å². The van der Waals surface area contributed by atoms with Gasteiger partial charge in [-0.2, -0.15) is 0 Å². The van der Waals surface area contributed by atoms with Crippen molar-refractivity contribution < 1.29 is 19.4 Å². The number of aliphatic hydroxyl groups is 1. The van der Waals surface area contributed by atoms with Crippen LogP contribution < -0.4 is 0 Å². The predicted molar refractivity (Wildman–Crippen MR) is 61.4 cm³/mol. The minimum absolute atomic E-state index is 0.0265. The van der Waals surface area contributed by atoms with Crippen LogP contribution in [0.5, 0.6) is 0 Å². The molecule has 0 aliphatic heterocycles. The van der Waals surface area contributed by atoms with Crippen LogP contribution in [0.1, 0.15) is 39.5 Å². The van der Waals surface area contributed by atoms with E-state index in [-0.39, 0.29) is 22.5 Å². The number of hydrogen-bond acceptors (Lipinski definition) is 4. The summed E-state index contributed by atoms with van der Waals surface area (Å²) in [6, 6.07) is 0. The summed E-state index contributed by atoms with van der Waals surface area (Å²) in [5.41, 5.74) is -0.872. The lowest BCUT2D eigenvalue weighted by Gasteiger charge is -2.43. The van der Waals surface area contributed by atoms with E-state index in [2.05, 4.69) is 4.74 Å². The van der Waals surface area contributed by atoms with Crippen LogP contribution in [0.25, 0.3) is 0 Å². The molecule has 0 radical (unpaired) electrons. The van der Waals surface area contributed by atoms with Crippen LogP contribution in [0.2, 0.25) is 0 Å². The van der Waals surface area contributed by atoms with Crippen molar-refractivity contribution in [3.63, 3.8) is 0 Å². The van der Waals surface area contributed by atoms with Gasteiger partial charge in [0.05, 0.1) is 18.1 Å². The quantitative estimate of drug-likeness (QED) is 0.711. The molecule has 0 aromatic heterocycles. The molecule has 2 aliphatic carbocycles. The molecule has 2 atom stereocenters. The lowest BCUT2D eigenvalue weighted by molar-refractivity contribution is -0.137. The molecule has 0 spiro atoms. The van der Waals surface area contributed by atoms with E-state index < -0.39 is 11.4 Å². The fraction of sp³-hybridized carbons (Fsp3) is 0.692. The van der Waals surface area contributed by atoms with Gasteiger partial charge in [-0.1, -0.05) is 6.92 Å². The van der Waals surface area contributed by atoms with Gasteiger partial charge in [0.1, 0.15) is 11.5 Å².